The first-order valence-electron chi connectivity index (χ1n) is 10.9. The maximum absolute atomic E-state index is 12.6. The fourth-order valence-electron chi connectivity index (χ4n) is 4.05. The minimum atomic E-state index is -0.828. The monoisotopic (exact) mass is 428 g/mol. The molecule has 7 nitrogen and oxygen atoms in total. The quantitative estimate of drug-likeness (QED) is 0.571. The third-order valence-electron chi connectivity index (χ3n) is 6.12. The highest BCUT2D eigenvalue weighted by Crippen LogP contribution is 2.46. The molecule has 2 aliphatic rings. The molecular formula is C25H24N4O3. The van der Waals surface area contributed by atoms with Crippen LogP contribution in [0.5, 0.6) is 0 Å². The number of hydrogen-bond donors (Lipinski definition) is 2. The standard InChI is InChI=1S/C25H24N4O3/c30-24(28-20-10-8-18(9-11-20)23-26-12-1-13-27-23)19-6-4-17(5-7-19)21-14-22(21)29(25(31)32)15-16-2-3-16/h1,4-13,16,21-22H,2-3,14-15H2,(H,28,30)(H,31,32)/t21-,22+/m0/s1. The van der Waals surface area contributed by atoms with Gasteiger partial charge in [-0.05, 0) is 73.2 Å². The van der Waals surface area contributed by atoms with Crippen molar-refractivity contribution in [1.29, 1.82) is 0 Å². The van der Waals surface area contributed by atoms with E-state index in [0.717, 1.165) is 30.4 Å². The number of carbonyl (C=O) groups excluding carboxylic acids is 1. The van der Waals surface area contributed by atoms with E-state index in [4.69, 9.17) is 0 Å². The first kappa shape index (κ1) is 20.2. The average molecular weight is 428 g/mol. The zero-order valence-corrected chi connectivity index (χ0v) is 17.5. The molecule has 2 saturated carbocycles. The Morgan fingerprint density at radius 2 is 1.69 bits per heavy atom. The van der Waals surface area contributed by atoms with Crippen molar-refractivity contribution in [1.82, 2.24) is 14.9 Å². The Labute approximate surface area is 186 Å². The van der Waals surface area contributed by atoms with Gasteiger partial charge < -0.3 is 15.3 Å². The molecule has 0 radical (unpaired) electrons. The van der Waals surface area contributed by atoms with Crippen molar-refractivity contribution in [3.63, 3.8) is 0 Å². The highest BCUT2D eigenvalue weighted by Gasteiger charge is 2.46. The van der Waals surface area contributed by atoms with Crippen LogP contribution in [0.25, 0.3) is 11.4 Å². The molecule has 2 aromatic carbocycles. The number of benzene rings is 2. The molecule has 1 heterocycles. The van der Waals surface area contributed by atoms with E-state index in [2.05, 4.69) is 15.3 Å². The molecule has 0 unspecified atom stereocenters. The van der Waals surface area contributed by atoms with E-state index in [1.165, 1.54) is 0 Å². The number of amides is 2. The van der Waals surface area contributed by atoms with Crippen LogP contribution in [0.4, 0.5) is 10.5 Å². The van der Waals surface area contributed by atoms with E-state index in [-0.39, 0.29) is 17.9 Å². The average Bonchev–Trinajstić information content (AvgIpc) is 3.74. The van der Waals surface area contributed by atoms with Crippen molar-refractivity contribution < 1.29 is 14.7 Å². The lowest BCUT2D eigenvalue weighted by Crippen LogP contribution is -2.34. The summed E-state index contributed by atoms with van der Waals surface area (Å²) < 4.78 is 0. The highest BCUT2D eigenvalue weighted by atomic mass is 16.4. The largest absolute Gasteiger partial charge is 0.465 e. The molecule has 3 aromatic rings. The van der Waals surface area contributed by atoms with Crippen LogP contribution in [-0.4, -0.2) is 44.6 Å². The number of nitrogens with zero attached hydrogens (tertiary/aromatic N) is 3. The van der Waals surface area contributed by atoms with Crippen LogP contribution in [0.1, 0.15) is 41.1 Å². The maximum Gasteiger partial charge on any atom is 0.407 e. The summed E-state index contributed by atoms with van der Waals surface area (Å²) in [4.78, 5) is 34.3. The van der Waals surface area contributed by atoms with Gasteiger partial charge in [0.05, 0.1) is 0 Å². The molecule has 2 N–H and O–H groups in total. The van der Waals surface area contributed by atoms with Crippen LogP contribution in [0.2, 0.25) is 0 Å². The maximum atomic E-state index is 12.6. The van der Waals surface area contributed by atoms with Gasteiger partial charge in [0.25, 0.3) is 5.91 Å². The minimum Gasteiger partial charge on any atom is -0.465 e. The van der Waals surface area contributed by atoms with Gasteiger partial charge in [0.2, 0.25) is 0 Å². The molecule has 0 bridgehead atoms. The van der Waals surface area contributed by atoms with Gasteiger partial charge in [-0.1, -0.05) is 12.1 Å². The summed E-state index contributed by atoms with van der Waals surface area (Å²) >= 11 is 0. The first-order valence-corrected chi connectivity index (χ1v) is 10.9. The molecule has 2 aliphatic carbocycles. The number of rotatable bonds is 7. The van der Waals surface area contributed by atoms with Gasteiger partial charge in [0.15, 0.2) is 5.82 Å². The second-order valence-corrected chi connectivity index (χ2v) is 8.51. The van der Waals surface area contributed by atoms with Crippen LogP contribution in [0.15, 0.2) is 67.0 Å². The summed E-state index contributed by atoms with van der Waals surface area (Å²) in [7, 11) is 0. The molecule has 162 valence electrons. The van der Waals surface area contributed by atoms with Crippen molar-refractivity contribution >= 4 is 17.7 Å². The van der Waals surface area contributed by atoms with Gasteiger partial charge >= 0.3 is 6.09 Å². The van der Waals surface area contributed by atoms with Crippen LogP contribution in [0, 0.1) is 5.92 Å². The van der Waals surface area contributed by atoms with E-state index < -0.39 is 6.09 Å². The predicted molar refractivity (Wildman–Crippen MR) is 120 cm³/mol. The van der Waals surface area contributed by atoms with Gasteiger partial charge in [-0.2, -0.15) is 0 Å². The molecule has 7 heteroatoms. The lowest BCUT2D eigenvalue weighted by atomic mass is 10.1. The van der Waals surface area contributed by atoms with E-state index in [0.29, 0.717) is 29.5 Å². The predicted octanol–water partition coefficient (Wildman–Crippen LogP) is 4.64. The fourth-order valence-corrected chi connectivity index (χ4v) is 4.05. The molecule has 0 spiro atoms. The van der Waals surface area contributed by atoms with E-state index in [9.17, 15) is 14.7 Å². The van der Waals surface area contributed by atoms with Crippen LogP contribution >= 0.6 is 0 Å². The second kappa shape index (κ2) is 8.42. The zero-order valence-electron chi connectivity index (χ0n) is 17.5. The molecule has 32 heavy (non-hydrogen) atoms. The lowest BCUT2D eigenvalue weighted by Gasteiger charge is -2.19. The molecule has 2 atom stereocenters. The van der Waals surface area contributed by atoms with Gasteiger partial charge in [-0.25, -0.2) is 14.8 Å². The molecule has 1 aromatic heterocycles. The molecule has 2 amide bonds. The number of carbonyl (C=O) groups is 2. The summed E-state index contributed by atoms with van der Waals surface area (Å²) in [6, 6.07) is 16.7. The van der Waals surface area contributed by atoms with Crippen molar-refractivity contribution in [3.05, 3.63) is 78.1 Å². The number of anilines is 1. The Bertz CT molecular complexity index is 1110. The number of nitrogens with one attached hydrogen (secondary N) is 1. The van der Waals surface area contributed by atoms with E-state index in [1.54, 1.807) is 35.5 Å². The molecular weight excluding hydrogens is 404 g/mol. The van der Waals surface area contributed by atoms with Gasteiger partial charge in [-0.3, -0.25) is 4.79 Å². The third-order valence-corrected chi connectivity index (χ3v) is 6.12. The third kappa shape index (κ3) is 4.46. The molecule has 0 saturated heterocycles. The summed E-state index contributed by atoms with van der Waals surface area (Å²) in [5, 5.41) is 12.4. The van der Waals surface area contributed by atoms with E-state index >= 15 is 0 Å². The minimum absolute atomic E-state index is 0.0554. The smallest absolute Gasteiger partial charge is 0.407 e. The summed E-state index contributed by atoms with van der Waals surface area (Å²) in [6.45, 7) is 0.645. The molecule has 5 rings (SSSR count). The number of carboxylic acid groups (broad SMARTS) is 1. The van der Waals surface area contributed by atoms with Crippen molar-refractivity contribution in [2.45, 2.75) is 31.2 Å². The molecule has 2 fully saturated rings. The van der Waals surface area contributed by atoms with E-state index in [1.807, 2.05) is 36.4 Å². The number of hydrogen-bond acceptors (Lipinski definition) is 4. The van der Waals surface area contributed by atoms with Crippen LogP contribution < -0.4 is 5.32 Å². The van der Waals surface area contributed by atoms with Gasteiger partial charge in [0, 0.05) is 47.7 Å². The Morgan fingerprint density at radius 1 is 1.00 bits per heavy atom. The Kier molecular flexibility index (Phi) is 5.31. The van der Waals surface area contributed by atoms with Crippen LogP contribution in [-0.2, 0) is 0 Å². The fraction of sp³-hybridized carbons (Fsp3) is 0.280. The Morgan fingerprint density at radius 3 is 2.31 bits per heavy atom. The Balaban J connectivity index is 1.20. The normalized spacial score (nSPS) is 19.2. The first-order chi connectivity index (χ1) is 15.6. The van der Waals surface area contributed by atoms with Crippen molar-refractivity contribution in [2.24, 2.45) is 5.92 Å². The van der Waals surface area contributed by atoms with Crippen LogP contribution in [0.3, 0.4) is 0 Å². The van der Waals surface area contributed by atoms with Crippen molar-refractivity contribution in [2.75, 3.05) is 11.9 Å². The summed E-state index contributed by atoms with van der Waals surface area (Å²) in [6.07, 6.45) is 5.67. The zero-order chi connectivity index (χ0) is 22.1. The second-order valence-electron chi connectivity index (χ2n) is 8.51. The lowest BCUT2D eigenvalue weighted by molar-refractivity contribution is 0.102. The molecule has 0 aliphatic heterocycles. The summed E-state index contributed by atoms with van der Waals surface area (Å²) in [5.41, 5.74) is 3.22. The van der Waals surface area contributed by atoms with Gasteiger partial charge in [0.1, 0.15) is 0 Å². The summed E-state index contributed by atoms with van der Waals surface area (Å²) in [5.74, 6) is 1.20. The SMILES string of the molecule is O=C(Nc1ccc(-c2ncccn2)cc1)c1ccc([C@@H]2C[C@H]2N(CC2CC2)C(=O)O)cc1. The highest BCUT2D eigenvalue weighted by molar-refractivity contribution is 6.04. The Hall–Kier alpha value is -3.74. The number of aromatic nitrogens is 2. The van der Waals surface area contributed by atoms with Gasteiger partial charge in [-0.15, -0.1) is 0 Å². The van der Waals surface area contributed by atoms with Crippen molar-refractivity contribution in [3.8, 4) is 11.4 Å². The topological polar surface area (TPSA) is 95.4 Å².